The molecule has 64 valence electrons. The monoisotopic (exact) mass is 317 g/mol. The molecule has 0 aromatic rings. The molecule has 0 aromatic carbocycles. The second-order valence-electron chi connectivity index (χ2n) is 0.132. The summed E-state index contributed by atoms with van der Waals surface area (Å²) < 4.78 is 32.4. The van der Waals surface area contributed by atoms with Gasteiger partial charge in [-0.05, 0) is 0 Å². The zero-order valence-corrected chi connectivity index (χ0v) is 7.91. The van der Waals surface area contributed by atoms with Gasteiger partial charge < -0.3 is 0 Å². The van der Waals surface area contributed by atoms with Gasteiger partial charge in [0.1, 0.15) is 0 Å². The van der Waals surface area contributed by atoms with Crippen molar-refractivity contribution in [3.8, 4) is 0 Å². The van der Waals surface area contributed by atoms with Crippen LogP contribution < -0.4 is 0 Å². The molecule has 1 N–H and O–H groups in total. The summed E-state index contributed by atoms with van der Waals surface area (Å²) in [7, 11) is 0. The van der Waals surface area contributed by atoms with Gasteiger partial charge in [0.2, 0.25) is 0 Å². The molecule has 0 heterocycles. The van der Waals surface area contributed by atoms with E-state index in [4.69, 9.17) is 15.7 Å². The Hall–Kier alpha value is 1.44. The first-order valence-corrected chi connectivity index (χ1v) is 2.61. The average Bonchev–Trinajstić information content (AvgIpc) is 1.39. The van der Waals surface area contributed by atoms with Crippen LogP contribution in [0.2, 0.25) is 0 Å². The van der Waals surface area contributed by atoms with Gasteiger partial charge in [-0.1, -0.05) is 14.9 Å². The molecule has 8 heteroatoms. The molecule has 0 rings (SSSR count). The molecule has 0 aliphatic carbocycles. The third-order valence-electron chi connectivity index (χ3n) is 0. The van der Waals surface area contributed by atoms with Crippen LogP contribution in [0.3, 0.4) is 0 Å². The van der Waals surface area contributed by atoms with Crippen molar-refractivity contribution in [2.75, 3.05) is 0 Å². The first-order chi connectivity index (χ1) is 2.83. The van der Waals surface area contributed by atoms with Gasteiger partial charge >= 0.3 is 79.9 Å². The van der Waals surface area contributed by atoms with Crippen LogP contribution in [0.5, 0.6) is 0 Å². The van der Waals surface area contributed by atoms with E-state index in [1.807, 2.05) is 0 Å². The van der Waals surface area contributed by atoms with E-state index in [0.717, 1.165) is 0 Å². The van der Waals surface area contributed by atoms with Crippen molar-refractivity contribution in [1.82, 2.24) is 0 Å². The fourth-order valence-corrected chi connectivity index (χ4v) is 0. The molecule has 0 atom stereocenters. The van der Waals surface area contributed by atoms with E-state index in [0.29, 0.717) is 0 Å². The van der Waals surface area contributed by atoms with Crippen LogP contribution in [0.25, 0.3) is 0 Å². The van der Waals surface area contributed by atoms with Gasteiger partial charge in [-0.3, -0.25) is 0 Å². The van der Waals surface area contributed by atoms with Crippen LogP contribution in [0.4, 0.5) is 0 Å². The van der Waals surface area contributed by atoms with Gasteiger partial charge in [-0.2, -0.15) is 0 Å². The summed E-state index contributed by atoms with van der Waals surface area (Å²) in [5, 5.41) is 0. The first kappa shape index (κ1) is 42.1. The standard InChI is InChI=1S/2CH4.4Mn.H2O.3O/h2*1H4;;;;;1H2;;;/q;;;+1;+2;+3;;;;/p-1. The second-order valence-corrected chi connectivity index (χ2v) is 0.544. The van der Waals surface area contributed by atoms with Crippen LogP contribution in [0, 0.1) is 0 Å². The molecule has 0 aliphatic rings. The van der Waals surface area contributed by atoms with Gasteiger partial charge in [0.15, 0.2) is 0 Å². The summed E-state index contributed by atoms with van der Waals surface area (Å²) in [5.74, 6) is 0. The molecule has 0 aromatic heterocycles. The van der Waals surface area contributed by atoms with Crippen molar-refractivity contribution < 1.29 is 79.9 Å². The molecule has 0 saturated carbocycles. The van der Waals surface area contributed by atoms with Crippen LogP contribution in [-0.4, -0.2) is 4.19 Å². The van der Waals surface area contributed by atoms with Crippen LogP contribution in [0.15, 0.2) is 0 Å². The molecule has 0 spiro atoms. The molecule has 0 unspecified atom stereocenters. The Morgan fingerprint density at radius 2 is 1.00 bits per heavy atom. The topological polar surface area (TPSA) is 71.4 Å². The minimum absolute atomic E-state index is 0. The van der Waals surface area contributed by atoms with Crippen molar-refractivity contribution in [2.45, 2.75) is 14.9 Å². The Kier molecular flexibility index (Phi) is 332. The van der Waals surface area contributed by atoms with Crippen LogP contribution in [-0.2, 0) is 75.7 Å². The van der Waals surface area contributed by atoms with Gasteiger partial charge in [0.05, 0.1) is 0 Å². The van der Waals surface area contributed by atoms with Crippen LogP contribution >= 0.6 is 0 Å². The zero-order valence-electron chi connectivity index (χ0n) is 3.18. The van der Waals surface area contributed by atoms with E-state index in [9.17, 15) is 0 Å². The summed E-state index contributed by atoms with van der Waals surface area (Å²) in [6, 6.07) is 0. The minimum atomic E-state index is -1.44. The van der Waals surface area contributed by atoms with Crippen molar-refractivity contribution in [2.24, 2.45) is 0 Å². The Bertz CT molecular complexity index is 60.3. The van der Waals surface area contributed by atoms with Gasteiger partial charge in [-0.25, -0.2) is 0 Å². The maximum atomic E-state index is 8.52. The third kappa shape index (κ3) is 325. The summed E-state index contributed by atoms with van der Waals surface area (Å²) in [4.78, 5) is 0. The maximum absolute atomic E-state index is 8.52. The number of hydrogen-bond donors (Lipinski definition) is 1. The number of hydrogen-bond acceptors (Lipinski definition) is 3. The zero-order chi connectivity index (χ0) is 5.41. The predicted octanol–water partition coefficient (Wildman–Crippen LogP) is 0.349. The normalized spacial score (nSPS) is 2.90. The summed E-state index contributed by atoms with van der Waals surface area (Å²) in [6.07, 6.45) is 0. The van der Waals surface area contributed by atoms with E-state index < -0.39 is 30.0 Å². The average molecular weight is 317 g/mol. The van der Waals surface area contributed by atoms with E-state index >= 15 is 0 Å². The fraction of sp³-hybridized carbons (Fsp3) is 1.00. The Balaban J connectivity index is -0.00000000571. The summed E-state index contributed by atoms with van der Waals surface area (Å²) >= 11 is -2.62. The van der Waals surface area contributed by atoms with Crippen molar-refractivity contribution in [3.05, 3.63) is 0 Å². The molecular formula is C2H9Mn4O4+5. The Morgan fingerprint density at radius 3 is 1.00 bits per heavy atom. The predicted molar refractivity (Wildman–Crippen MR) is 17.7 cm³/mol. The molecule has 0 aliphatic heterocycles. The molecule has 4 nitrogen and oxygen atoms in total. The van der Waals surface area contributed by atoms with E-state index in [2.05, 4.69) is 0 Å². The molecule has 0 saturated heterocycles. The molecule has 10 heavy (non-hydrogen) atoms. The Labute approximate surface area is 94.1 Å². The van der Waals surface area contributed by atoms with Gasteiger partial charge in [0.25, 0.3) is 0 Å². The molecule has 0 bridgehead atoms. The molecule has 0 fully saturated rings. The molecule has 1 radical (unpaired) electrons. The first-order valence-electron chi connectivity index (χ1n) is 0.632. The fourth-order valence-electron chi connectivity index (χ4n) is 0. The second kappa shape index (κ2) is 78.7. The third-order valence-corrected chi connectivity index (χ3v) is 0. The van der Waals surface area contributed by atoms with Crippen LogP contribution in [0.1, 0.15) is 14.9 Å². The molecular weight excluding hydrogens is 308 g/mol. The van der Waals surface area contributed by atoms with Crippen molar-refractivity contribution >= 4 is 0 Å². The van der Waals surface area contributed by atoms with Crippen molar-refractivity contribution in [3.63, 3.8) is 0 Å². The summed E-state index contributed by atoms with van der Waals surface area (Å²) in [6.45, 7) is 0. The molecule has 0 amide bonds. The quantitative estimate of drug-likeness (QED) is 0.655. The van der Waals surface area contributed by atoms with E-state index in [-0.39, 0.29) is 49.0 Å². The van der Waals surface area contributed by atoms with Crippen molar-refractivity contribution in [1.29, 1.82) is 0 Å². The summed E-state index contributed by atoms with van der Waals surface area (Å²) in [5.41, 5.74) is 0. The Morgan fingerprint density at radius 1 is 1.00 bits per heavy atom. The van der Waals surface area contributed by atoms with Gasteiger partial charge in [0, 0.05) is 0 Å². The van der Waals surface area contributed by atoms with E-state index in [1.54, 1.807) is 0 Å². The SMILES string of the molecule is C.C.[Mn+2].[Mn+3].[O]=[Mn]=[O].[O]=[Mn][OH]. The number of rotatable bonds is 0. The van der Waals surface area contributed by atoms with E-state index in [1.165, 1.54) is 0 Å². The van der Waals surface area contributed by atoms with Gasteiger partial charge in [-0.15, -0.1) is 0 Å².